The first-order chi connectivity index (χ1) is 31.5. The molecule has 2 heterocycles. The van der Waals surface area contributed by atoms with Crippen LogP contribution in [0.5, 0.6) is 0 Å². The van der Waals surface area contributed by atoms with Crippen LogP contribution in [-0.2, 0) is 0 Å². The van der Waals surface area contributed by atoms with Gasteiger partial charge in [0, 0.05) is 21.9 Å². The summed E-state index contributed by atoms with van der Waals surface area (Å²) in [4.78, 5) is 11.1. The molecule has 2 nitrogen and oxygen atoms in total. The summed E-state index contributed by atoms with van der Waals surface area (Å²) in [6, 6.07) is 82.9. The van der Waals surface area contributed by atoms with Crippen molar-refractivity contribution in [3.63, 3.8) is 0 Å². The van der Waals surface area contributed by atoms with E-state index in [1.54, 1.807) is 0 Å². The topological polar surface area (TPSA) is 25.8 Å². The fraction of sp³-hybridized carbons (Fsp3) is 0.0323. The smallest absolute Gasteiger partial charge is 0.0978 e. The number of aromatic nitrogens is 2. The van der Waals surface area contributed by atoms with E-state index in [0.717, 1.165) is 77.7 Å². The van der Waals surface area contributed by atoms with Crippen molar-refractivity contribution in [2.45, 2.75) is 13.8 Å². The summed E-state index contributed by atoms with van der Waals surface area (Å²) in [6.45, 7) is 4.27. The number of hydrogen-bond donors (Lipinski definition) is 0. The summed E-state index contributed by atoms with van der Waals surface area (Å²) in [5.41, 5.74) is 22.3. The lowest BCUT2D eigenvalue weighted by Crippen LogP contribution is -1.96. The van der Waals surface area contributed by atoms with Crippen molar-refractivity contribution in [3.05, 3.63) is 242 Å². The molecule has 0 aliphatic rings. The average Bonchev–Trinajstić information content (AvgIpc) is 3.37. The van der Waals surface area contributed by atoms with Crippen molar-refractivity contribution in [3.8, 4) is 89.3 Å². The van der Waals surface area contributed by atoms with Gasteiger partial charge in [-0.05, 0) is 92.7 Å². The molecule has 0 amide bonds. The molecule has 0 aliphatic carbocycles. The van der Waals surface area contributed by atoms with Crippen molar-refractivity contribution in [2.75, 3.05) is 0 Å². The Kier molecular flexibility index (Phi) is 10.0. The first-order valence-electron chi connectivity index (χ1n) is 22.0. The number of rotatable bonds is 8. The number of nitrogens with zero attached hydrogens (tertiary/aromatic N) is 2. The van der Waals surface area contributed by atoms with Crippen LogP contribution in [0, 0.1) is 13.8 Å². The van der Waals surface area contributed by atoms with Gasteiger partial charge in [-0.3, -0.25) is 0 Å². The molecular weight excluding hydrogens is 773 g/mol. The van der Waals surface area contributed by atoms with Crippen molar-refractivity contribution in [1.82, 2.24) is 9.97 Å². The van der Waals surface area contributed by atoms with E-state index in [0.29, 0.717) is 0 Å². The predicted molar refractivity (Wildman–Crippen MR) is 270 cm³/mol. The van der Waals surface area contributed by atoms with E-state index >= 15 is 0 Å². The summed E-state index contributed by atoms with van der Waals surface area (Å²) < 4.78 is 0. The van der Waals surface area contributed by atoms with Crippen molar-refractivity contribution < 1.29 is 0 Å². The van der Waals surface area contributed by atoms with E-state index in [1.165, 1.54) is 44.5 Å². The van der Waals surface area contributed by atoms with E-state index in [-0.39, 0.29) is 0 Å². The van der Waals surface area contributed by atoms with E-state index in [1.807, 2.05) is 0 Å². The van der Waals surface area contributed by atoms with Gasteiger partial charge < -0.3 is 0 Å². The van der Waals surface area contributed by atoms with Gasteiger partial charge in [-0.1, -0.05) is 230 Å². The molecule has 2 heteroatoms. The van der Waals surface area contributed by atoms with Gasteiger partial charge in [-0.15, -0.1) is 0 Å². The van der Waals surface area contributed by atoms with Crippen LogP contribution >= 0.6 is 0 Å². The van der Waals surface area contributed by atoms with Crippen molar-refractivity contribution in [1.29, 1.82) is 0 Å². The minimum Gasteiger partial charge on any atom is -0.245 e. The maximum atomic E-state index is 5.53. The molecule has 9 aromatic carbocycles. The molecule has 0 fully saturated rings. The third kappa shape index (κ3) is 7.57. The van der Waals surface area contributed by atoms with Gasteiger partial charge >= 0.3 is 0 Å². The largest absolute Gasteiger partial charge is 0.245 e. The highest BCUT2D eigenvalue weighted by atomic mass is 14.8. The van der Waals surface area contributed by atoms with Crippen LogP contribution in [0.25, 0.3) is 111 Å². The Morgan fingerprint density at radius 1 is 0.234 bits per heavy atom. The second kappa shape index (κ2) is 16.6. The van der Waals surface area contributed by atoms with E-state index in [9.17, 15) is 0 Å². The van der Waals surface area contributed by atoms with Crippen LogP contribution in [0.15, 0.2) is 231 Å². The van der Waals surface area contributed by atoms with Crippen molar-refractivity contribution >= 4 is 21.8 Å². The molecule has 11 aromatic rings. The van der Waals surface area contributed by atoms with Crippen LogP contribution in [0.3, 0.4) is 0 Å². The third-order valence-electron chi connectivity index (χ3n) is 12.5. The second-order valence-corrected chi connectivity index (χ2v) is 16.7. The molecular formula is C62H44N2. The third-order valence-corrected chi connectivity index (χ3v) is 12.5. The zero-order valence-corrected chi connectivity index (χ0v) is 35.8. The Hall–Kier alpha value is -8.20. The molecule has 0 aliphatic heterocycles. The van der Waals surface area contributed by atoms with Gasteiger partial charge in [0.15, 0.2) is 0 Å². The number of hydrogen-bond acceptors (Lipinski definition) is 2. The second-order valence-electron chi connectivity index (χ2n) is 16.7. The lowest BCUT2D eigenvalue weighted by Gasteiger charge is -2.16. The summed E-state index contributed by atoms with van der Waals surface area (Å²) in [6.07, 6.45) is 0. The van der Waals surface area contributed by atoms with Crippen LogP contribution in [0.2, 0.25) is 0 Å². The Bertz CT molecular complexity index is 3180. The van der Waals surface area contributed by atoms with Crippen LogP contribution in [0.1, 0.15) is 11.1 Å². The molecule has 0 bridgehead atoms. The van der Waals surface area contributed by atoms with E-state index in [2.05, 4.69) is 244 Å². The number of fused-ring (bicyclic) bond motifs is 3. The van der Waals surface area contributed by atoms with Crippen molar-refractivity contribution in [2.24, 2.45) is 0 Å². The highest BCUT2D eigenvalue weighted by molar-refractivity contribution is 6.13. The molecule has 0 saturated carbocycles. The van der Waals surface area contributed by atoms with E-state index in [4.69, 9.17) is 9.97 Å². The fourth-order valence-corrected chi connectivity index (χ4v) is 8.85. The number of pyridine rings is 2. The standard InChI is InChI=1S/C62H44N2/c1-41-13-17-51(18-14-41)57-39-59(53-33-29-49(30-34-53)47-25-21-45(22-26-47)43-9-5-3-6-10-43)63-61-55(57)37-38-56-58(52-19-15-42(2)16-20-52)40-60(64-62(56)61)54-35-31-50(32-36-54)48-27-23-46(24-28-48)44-11-7-4-8-12-44/h3-40H,1-2H3. The zero-order valence-electron chi connectivity index (χ0n) is 35.8. The van der Waals surface area contributed by atoms with Gasteiger partial charge in [0.25, 0.3) is 0 Å². The highest BCUT2D eigenvalue weighted by Gasteiger charge is 2.18. The highest BCUT2D eigenvalue weighted by Crippen LogP contribution is 2.40. The predicted octanol–water partition coefficient (Wildman–Crippen LogP) is 16.7. The first kappa shape index (κ1) is 38.7. The normalized spacial score (nSPS) is 11.3. The molecule has 0 N–H and O–H groups in total. The minimum absolute atomic E-state index is 0.886. The lowest BCUT2D eigenvalue weighted by atomic mass is 9.93. The molecule has 2 aromatic heterocycles. The van der Waals surface area contributed by atoms with Gasteiger partial charge in [-0.2, -0.15) is 0 Å². The van der Waals surface area contributed by atoms with E-state index < -0.39 is 0 Å². The molecule has 0 radical (unpaired) electrons. The lowest BCUT2D eigenvalue weighted by molar-refractivity contribution is 1.36. The van der Waals surface area contributed by atoms with Gasteiger partial charge in [0.1, 0.15) is 0 Å². The molecule has 0 atom stereocenters. The SMILES string of the molecule is Cc1ccc(-c2cc(-c3ccc(-c4ccc(-c5ccccc5)cc4)cc3)nc3c2ccc2c(-c4ccc(C)cc4)cc(-c4ccc(-c5ccc(-c6ccccc6)cc5)cc4)nc23)cc1. The monoisotopic (exact) mass is 816 g/mol. The number of aryl methyl sites for hydroxylation is 2. The zero-order chi connectivity index (χ0) is 43.0. The van der Waals surface area contributed by atoms with Crippen LogP contribution < -0.4 is 0 Å². The number of benzene rings is 9. The maximum absolute atomic E-state index is 5.53. The Morgan fingerprint density at radius 2 is 0.484 bits per heavy atom. The summed E-state index contributed by atoms with van der Waals surface area (Å²) in [5.74, 6) is 0. The molecule has 302 valence electrons. The molecule has 0 saturated heterocycles. The quantitative estimate of drug-likeness (QED) is 0.143. The summed E-state index contributed by atoms with van der Waals surface area (Å²) in [7, 11) is 0. The van der Waals surface area contributed by atoms with Gasteiger partial charge in [0.2, 0.25) is 0 Å². The summed E-state index contributed by atoms with van der Waals surface area (Å²) >= 11 is 0. The maximum Gasteiger partial charge on any atom is 0.0978 e. The van der Waals surface area contributed by atoms with Gasteiger partial charge in [0.05, 0.1) is 22.4 Å². The molecule has 0 spiro atoms. The molecule has 0 unspecified atom stereocenters. The minimum atomic E-state index is 0.886. The average molecular weight is 817 g/mol. The fourth-order valence-electron chi connectivity index (χ4n) is 8.85. The Labute approximate surface area is 374 Å². The summed E-state index contributed by atoms with van der Waals surface area (Å²) in [5, 5.41) is 2.15. The van der Waals surface area contributed by atoms with Crippen LogP contribution in [0.4, 0.5) is 0 Å². The molecule has 64 heavy (non-hydrogen) atoms. The van der Waals surface area contributed by atoms with Gasteiger partial charge in [-0.25, -0.2) is 9.97 Å². The Morgan fingerprint density at radius 3 is 0.781 bits per heavy atom. The first-order valence-corrected chi connectivity index (χ1v) is 22.0. The Balaban J connectivity index is 1.04. The molecule has 11 rings (SSSR count). The van der Waals surface area contributed by atoms with Crippen LogP contribution in [-0.4, -0.2) is 9.97 Å².